The van der Waals surface area contributed by atoms with Crippen LogP contribution < -0.4 is 5.32 Å². The zero-order valence-corrected chi connectivity index (χ0v) is 10.8. The maximum atomic E-state index is 8.74. The van der Waals surface area contributed by atoms with Gasteiger partial charge in [0.2, 0.25) is 0 Å². The molecule has 1 heterocycles. The Morgan fingerprint density at radius 2 is 2.25 bits per heavy atom. The van der Waals surface area contributed by atoms with Crippen LogP contribution in [0.3, 0.4) is 0 Å². The first-order chi connectivity index (χ1) is 7.79. The Bertz CT molecular complexity index is 514. The van der Waals surface area contributed by atoms with E-state index in [9.17, 15) is 0 Å². The van der Waals surface area contributed by atoms with E-state index in [1.54, 1.807) is 11.3 Å². The number of hydrogen-bond acceptors (Lipinski definition) is 3. The molecule has 0 atom stereocenters. The number of nitrogens with one attached hydrogen (secondary N) is 1. The number of hydrogen-bond donors (Lipinski definition) is 1. The standard InChI is InChI=1S/C12H9BrN2S/c13-11-6-9(7-14)3-4-12(11)15-8-10-2-1-5-16-10/h1-6,15H,8H2. The Balaban J connectivity index is 2.08. The summed E-state index contributed by atoms with van der Waals surface area (Å²) in [6.07, 6.45) is 0. The third kappa shape index (κ3) is 2.63. The van der Waals surface area contributed by atoms with Crippen LogP contribution in [0, 0.1) is 11.3 Å². The molecule has 0 aliphatic carbocycles. The van der Waals surface area contributed by atoms with Crippen LogP contribution in [0.25, 0.3) is 0 Å². The predicted molar refractivity (Wildman–Crippen MR) is 70.5 cm³/mol. The second-order valence-corrected chi connectivity index (χ2v) is 5.13. The smallest absolute Gasteiger partial charge is 0.0992 e. The van der Waals surface area contributed by atoms with E-state index < -0.39 is 0 Å². The number of nitriles is 1. The second-order valence-electron chi connectivity index (χ2n) is 3.24. The maximum Gasteiger partial charge on any atom is 0.0992 e. The average Bonchev–Trinajstić information content (AvgIpc) is 2.80. The molecule has 0 aliphatic heterocycles. The third-order valence-corrected chi connectivity index (χ3v) is 3.66. The molecule has 2 nitrogen and oxygen atoms in total. The molecule has 0 amide bonds. The fourth-order valence-corrected chi connectivity index (χ4v) is 2.49. The quantitative estimate of drug-likeness (QED) is 0.928. The Morgan fingerprint density at radius 3 is 2.88 bits per heavy atom. The molecule has 1 aromatic carbocycles. The van der Waals surface area contributed by atoms with Crippen molar-refractivity contribution in [1.29, 1.82) is 5.26 Å². The van der Waals surface area contributed by atoms with Crippen molar-refractivity contribution in [3.05, 3.63) is 50.6 Å². The minimum Gasteiger partial charge on any atom is -0.379 e. The molecule has 4 heteroatoms. The van der Waals surface area contributed by atoms with Crippen LogP contribution in [0.15, 0.2) is 40.2 Å². The van der Waals surface area contributed by atoms with Crippen molar-refractivity contribution in [2.24, 2.45) is 0 Å². The maximum absolute atomic E-state index is 8.74. The molecule has 0 radical (unpaired) electrons. The van der Waals surface area contributed by atoms with Gasteiger partial charge >= 0.3 is 0 Å². The normalized spacial score (nSPS) is 9.75. The van der Waals surface area contributed by atoms with Crippen LogP contribution in [-0.4, -0.2) is 0 Å². The fraction of sp³-hybridized carbons (Fsp3) is 0.0833. The summed E-state index contributed by atoms with van der Waals surface area (Å²) < 4.78 is 0.920. The van der Waals surface area contributed by atoms with E-state index in [4.69, 9.17) is 5.26 Å². The van der Waals surface area contributed by atoms with Gasteiger partial charge < -0.3 is 5.32 Å². The van der Waals surface area contributed by atoms with Crippen molar-refractivity contribution in [1.82, 2.24) is 0 Å². The van der Waals surface area contributed by atoms with Crippen molar-refractivity contribution >= 4 is 33.0 Å². The fourth-order valence-electron chi connectivity index (χ4n) is 1.32. The Kier molecular flexibility index (Phi) is 3.60. The number of nitrogens with zero attached hydrogens (tertiary/aromatic N) is 1. The lowest BCUT2D eigenvalue weighted by Gasteiger charge is -2.07. The van der Waals surface area contributed by atoms with Gasteiger partial charge in [-0.2, -0.15) is 5.26 Å². The summed E-state index contributed by atoms with van der Waals surface area (Å²) in [7, 11) is 0. The van der Waals surface area contributed by atoms with Gasteiger partial charge in [0.1, 0.15) is 0 Å². The summed E-state index contributed by atoms with van der Waals surface area (Å²) in [6, 6.07) is 11.8. The summed E-state index contributed by atoms with van der Waals surface area (Å²) in [4.78, 5) is 1.29. The van der Waals surface area contributed by atoms with Crippen LogP contribution in [-0.2, 0) is 6.54 Å². The van der Waals surface area contributed by atoms with Crippen LogP contribution in [0.1, 0.15) is 10.4 Å². The SMILES string of the molecule is N#Cc1ccc(NCc2cccs2)c(Br)c1. The molecule has 2 aromatic rings. The van der Waals surface area contributed by atoms with Crippen molar-refractivity contribution in [2.45, 2.75) is 6.54 Å². The monoisotopic (exact) mass is 292 g/mol. The first kappa shape index (κ1) is 11.2. The summed E-state index contributed by atoms with van der Waals surface area (Å²) >= 11 is 5.17. The molecule has 0 saturated carbocycles. The van der Waals surface area contributed by atoms with E-state index in [1.165, 1.54) is 4.88 Å². The predicted octanol–water partition coefficient (Wildman–Crippen LogP) is 3.99. The van der Waals surface area contributed by atoms with Crippen LogP contribution in [0.2, 0.25) is 0 Å². The van der Waals surface area contributed by atoms with Crippen molar-refractivity contribution < 1.29 is 0 Å². The second kappa shape index (κ2) is 5.15. The van der Waals surface area contributed by atoms with E-state index in [2.05, 4.69) is 38.8 Å². The largest absolute Gasteiger partial charge is 0.379 e. The molecule has 0 saturated heterocycles. The number of thiophene rings is 1. The zero-order chi connectivity index (χ0) is 11.4. The van der Waals surface area contributed by atoms with Gasteiger partial charge in [-0.3, -0.25) is 0 Å². The van der Waals surface area contributed by atoms with Crippen molar-refractivity contribution in [3.63, 3.8) is 0 Å². The number of benzene rings is 1. The highest BCUT2D eigenvalue weighted by Gasteiger charge is 2.01. The van der Waals surface area contributed by atoms with Gasteiger partial charge in [-0.1, -0.05) is 6.07 Å². The van der Waals surface area contributed by atoms with E-state index in [0.29, 0.717) is 5.56 Å². The van der Waals surface area contributed by atoms with Crippen LogP contribution >= 0.6 is 27.3 Å². The average molecular weight is 293 g/mol. The molecule has 1 N–H and O–H groups in total. The molecule has 16 heavy (non-hydrogen) atoms. The highest BCUT2D eigenvalue weighted by molar-refractivity contribution is 9.10. The zero-order valence-electron chi connectivity index (χ0n) is 8.40. The molecular formula is C12H9BrN2S. The van der Waals surface area contributed by atoms with Gasteiger partial charge in [-0.15, -0.1) is 11.3 Å². The van der Waals surface area contributed by atoms with Gasteiger partial charge in [-0.05, 0) is 45.6 Å². The summed E-state index contributed by atoms with van der Waals surface area (Å²) in [5.74, 6) is 0. The van der Waals surface area contributed by atoms with E-state index in [1.807, 2.05) is 24.3 Å². The summed E-state index contributed by atoms with van der Waals surface area (Å²) in [5, 5.41) is 14.1. The van der Waals surface area contributed by atoms with E-state index in [0.717, 1.165) is 16.7 Å². The summed E-state index contributed by atoms with van der Waals surface area (Å²) in [5.41, 5.74) is 1.67. The van der Waals surface area contributed by atoms with Gasteiger partial charge in [0.05, 0.1) is 11.6 Å². The molecule has 1 aromatic heterocycles. The van der Waals surface area contributed by atoms with Crippen molar-refractivity contribution in [2.75, 3.05) is 5.32 Å². The first-order valence-corrected chi connectivity index (χ1v) is 6.43. The summed E-state index contributed by atoms with van der Waals surface area (Å²) in [6.45, 7) is 0.808. The molecule has 2 rings (SSSR count). The van der Waals surface area contributed by atoms with Gasteiger partial charge in [0, 0.05) is 21.6 Å². The lowest BCUT2D eigenvalue weighted by Crippen LogP contribution is -1.98. The number of halogens is 1. The van der Waals surface area contributed by atoms with Gasteiger partial charge in [-0.25, -0.2) is 0 Å². The molecule has 0 bridgehead atoms. The molecule has 0 aliphatic rings. The van der Waals surface area contributed by atoms with Gasteiger partial charge in [0.15, 0.2) is 0 Å². The molecule has 0 spiro atoms. The third-order valence-electron chi connectivity index (χ3n) is 2.13. The number of rotatable bonds is 3. The van der Waals surface area contributed by atoms with E-state index >= 15 is 0 Å². The molecule has 0 fully saturated rings. The Morgan fingerprint density at radius 1 is 1.38 bits per heavy atom. The lowest BCUT2D eigenvalue weighted by atomic mass is 10.2. The van der Waals surface area contributed by atoms with Gasteiger partial charge in [0.25, 0.3) is 0 Å². The topological polar surface area (TPSA) is 35.8 Å². The first-order valence-electron chi connectivity index (χ1n) is 4.75. The molecular weight excluding hydrogens is 284 g/mol. The highest BCUT2D eigenvalue weighted by Crippen LogP contribution is 2.24. The van der Waals surface area contributed by atoms with Crippen LogP contribution in [0.5, 0.6) is 0 Å². The molecule has 80 valence electrons. The number of anilines is 1. The van der Waals surface area contributed by atoms with E-state index in [-0.39, 0.29) is 0 Å². The Hall–Kier alpha value is -1.31. The highest BCUT2D eigenvalue weighted by atomic mass is 79.9. The lowest BCUT2D eigenvalue weighted by molar-refractivity contribution is 1.19. The minimum absolute atomic E-state index is 0.661. The molecule has 0 unspecified atom stereocenters. The Labute approximate surface area is 107 Å². The van der Waals surface area contributed by atoms with Crippen LogP contribution in [0.4, 0.5) is 5.69 Å². The van der Waals surface area contributed by atoms with Crippen molar-refractivity contribution in [3.8, 4) is 6.07 Å². The minimum atomic E-state index is 0.661.